The first-order chi connectivity index (χ1) is 11.2. The van der Waals surface area contributed by atoms with Crippen molar-refractivity contribution in [2.24, 2.45) is 0 Å². The molecule has 0 radical (unpaired) electrons. The first-order valence-corrected chi connectivity index (χ1v) is 7.85. The Labute approximate surface area is 135 Å². The van der Waals surface area contributed by atoms with Gasteiger partial charge in [0.05, 0.1) is 6.61 Å². The van der Waals surface area contributed by atoms with Crippen molar-refractivity contribution in [2.45, 2.75) is 33.2 Å². The van der Waals surface area contributed by atoms with Gasteiger partial charge in [0.15, 0.2) is 5.75 Å². The monoisotopic (exact) mass is 314 g/mol. The number of carbonyl (C=O) groups excluding carboxylic acids is 1. The third-order valence-electron chi connectivity index (χ3n) is 3.43. The van der Waals surface area contributed by atoms with E-state index in [1.165, 1.54) is 4.57 Å². The first kappa shape index (κ1) is 16.8. The number of anilines is 1. The second-order valence-corrected chi connectivity index (χ2v) is 5.21. The summed E-state index contributed by atoms with van der Waals surface area (Å²) in [7, 11) is 0. The molecule has 1 amide bonds. The average Bonchev–Trinajstić information content (AvgIpc) is 2.56. The Bertz CT molecular complexity index is 722. The Morgan fingerprint density at radius 3 is 2.70 bits per heavy atom. The highest BCUT2D eigenvalue weighted by Gasteiger charge is 2.09. The topological polar surface area (TPSA) is 60.3 Å². The maximum Gasteiger partial charge on any atom is 0.293 e. The van der Waals surface area contributed by atoms with Crippen molar-refractivity contribution in [1.29, 1.82) is 0 Å². The number of nitrogens with zero attached hydrogens (tertiary/aromatic N) is 1. The third-order valence-corrected chi connectivity index (χ3v) is 3.43. The van der Waals surface area contributed by atoms with E-state index in [0.29, 0.717) is 6.61 Å². The van der Waals surface area contributed by atoms with E-state index in [2.05, 4.69) is 5.32 Å². The smallest absolute Gasteiger partial charge is 0.293 e. The lowest BCUT2D eigenvalue weighted by Gasteiger charge is -2.11. The van der Waals surface area contributed by atoms with E-state index < -0.39 is 0 Å². The molecule has 0 aliphatic heterocycles. The molecule has 0 saturated carbocycles. The van der Waals surface area contributed by atoms with Gasteiger partial charge in [-0.15, -0.1) is 0 Å². The summed E-state index contributed by atoms with van der Waals surface area (Å²) in [5.74, 6) is 0.0387. The van der Waals surface area contributed by atoms with E-state index in [1.807, 2.05) is 38.1 Å². The fourth-order valence-corrected chi connectivity index (χ4v) is 2.26. The van der Waals surface area contributed by atoms with Crippen LogP contribution in [0.5, 0.6) is 5.75 Å². The number of aryl methyl sites for hydroxylation is 1. The van der Waals surface area contributed by atoms with Gasteiger partial charge in [-0.1, -0.05) is 32.0 Å². The van der Waals surface area contributed by atoms with Crippen molar-refractivity contribution in [3.8, 4) is 5.75 Å². The van der Waals surface area contributed by atoms with E-state index in [9.17, 15) is 9.59 Å². The molecule has 1 aromatic carbocycles. The molecule has 0 unspecified atom stereocenters. The maximum atomic E-state index is 12.2. The lowest BCUT2D eigenvalue weighted by Crippen LogP contribution is -2.28. The Balaban J connectivity index is 2.10. The van der Waals surface area contributed by atoms with Crippen LogP contribution in [-0.2, 0) is 17.8 Å². The third kappa shape index (κ3) is 4.45. The zero-order valence-corrected chi connectivity index (χ0v) is 13.5. The number of hydrogen-bond donors (Lipinski definition) is 1. The summed E-state index contributed by atoms with van der Waals surface area (Å²) in [5, 5.41) is 2.86. The molecule has 5 nitrogen and oxygen atoms in total. The zero-order chi connectivity index (χ0) is 16.7. The van der Waals surface area contributed by atoms with E-state index >= 15 is 0 Å². The van der Waals surface area contributed by atoms with Crippen molar-refractivity contribution in [3.63, 3.8) is 0 Å². The van der Waals surface area contributed by atoms with E-state index in [-0.39, 0.29) is 23.8 Å². The van der Waals surface area contributed by atoms with Crippen LogP contribution in [0.2, 0.25) is 0 Å². The van der Waals surface area contributed by atoms with Gasteiger partial charge >= 0.3 is 0 Å². The number of para-hydroxylation sites is 1. The highest BCUT2D eigenvalue weighted by Crippen LogP contribution is 2.15. The number of nitrogens with one attached hydrogen (secondary N) is 1. The van der Waals surface area contributed by atoms with Gasteiger partial charge in [0.1, 0.15) is 6.54 Å². The molecule has 1 N–H and O–H groups in total. The first-order valence-electron chi connectivity index (χ1n) is 7.85. The van der Waals surface area contributed by atoms with Gasteiger partial charge in [-0.2, -0.15) is 0 Å². The van der Waals surface area contributed by atoms with Gasteiger partial charge in [0.25, 0.3) is 5.56 Å². The molecule has 2 aromatic rings. The fourth-order valence-electron chi connectivity index (χ4n) is 2.26. The van der Waals surface area contributed by atoms with Crippen molar-refractivity contribution in [3.05, 3.63) is 58.5 Å². The van der Waals surface area contributed by atoms with Gasteiger partial charge in [-0.25, -0.2) is 0 Å². The minimum Gasteiger partial charge on any atom is -0.488 e. The van der Waals surface area contributed by atoms with Crippen LogP contribution in [-0.4, -0.2) is 17.1 Å². The number of hydrogen-bond acceptors (Lipinski definition) is 3. The Hall–Kier alpha value is -2.56. The summed E-state index contributed by atoms with van der Waals surface area (Å²) < 4.78 is 6.75. The molecule has 0 bridgehead atoms. The molecule has 122 valence electrons. The number of pyridine rings is 1. The zero-order valence-electron chi connectivity index (χ0n) is 13.5. The van der Waals surface area contributed by atoms with Crippen molar-refractivity contribution >= 4 is 11.6 Å². The highest BCUT2D eigenvalue weighted by molar-refractivity contribution is 5.91. The normalized spacial score (nSPS) is 10.3. The van der Waals surface area contributed by atoms with E-state index in [0.717, 1.165) is 24.1 Å². The van der Waals surface area contributed by atoms with Gasteiger partial charge in [0, 0.05) is 11.9 Å². The molecule has 5 heteroatoms. The quantitative estimate of drug-likeness (QED) is 0.855. The van der Waals surface area contributed by atoms with E-state index in [1.54, 1.807) is 18.3 Å². The van der Waals surface area contributed by atoms with Crippen LogP contribution in [0, 0.1) is 0 Å². The second kappa shape index (κ2) is 8.17. The highest BCUT2D eigenvalue weighted by atomic mass is 16.5. The standard InChI is InChI=1S/C18H22N2O3/c1-3-12-23-16-10-7-11-20(18(16)22)13-17(21)19-15-9-6-5-8-14(15)4-2/h5-11H,3-4,12-13H2,1-2H3,(H,19,21). The number of benzene rings is 1. The molecule has 1 aromatic heterocycles. The molecule has 0 spiro atoms. The summed E-state index contributed by atoms with van der Waals surface area (Å²) in [4.78, 5) is 24.5. The lowest BCUT2D eigenvalue weighted by molar-refractivity contribution is -0.116. The van der Waals surface area contributed by atoms with Crippen LogP contribution in [0.3, 0.4) is 0 Å². The number of amides is 1. The molecular weight excluding hydrogens is 292 g/mol. The number of carbonyl (C=O) groups is 1. The van der Waals surface area contributed by atoms with Crippen molar-refractivity contribution in [1.82, 2.24) is 4.57 Å². The van der Waals surface area contributed by atoms with Crippen LogP contribution in [0.25, 0.3) is 0 Å². The van der Waals surface area contributed by atoms with Gasteiger partial charge in [-0.05, 0) is 36.6 Å². The Morgan fingerprint density at radius 1 is 1.17 bits per heavy atom. The van der Waals surface area contributed by atoms with Crippen LogP contribution < -0.4 is 15.6 Å². The fraction of sp³-hybridized carbons (Fsp3) is 0.333. The summed E-state index contributed by atoms with van der Waals surface area (Å²) in [5.41, 5.74) is 1.56. The number of aromatic nitrogens is 1. The summed E-state index contributed by atoms with van der Waals surface area (Å²) in [6, 6.07) is 11.0. The van der Waals surface area contributed by atoms with Crippen LogP contribution in [0.15, 0.2) is 47.4 Å². The van der Waals surface area contributed by atoms with E-state index in [4.69, 9.17) is 4.74 Å². The maximum absolute atomic E-state index is 12.2. The molecule has 0 aliphatic rings. The number of ether oxygens (including phenoxy) is 1. The predicted octanol–water partition coefficient (Wildman–Crippen LogP) is 2.84. The summed E-state index contributed by atoms with van der Waals surface area (Å²) in [6.07, 6.45) is 3.24. The molecule has 0 fully saturated rings. The Morgan fingerprint density at radius 2 is 1.96 bits per heavy atom. The average molecular weight is 314 g/mol. The number of rotatable bonds is 7. The molecule has 0 aliphatic carbocycles. The molecule has 0 saturated heterocycles. The second-order valence-electron chi connectivity index (χ2n) is 5.21. The van der Waals surface area contributed by atoms with Crippen molar-refractivity contribution < 1.29 is 9.53 Å². The SMILES string of the molecule is CCCOc1cccn(CC(=O)Nc2ccccc2CC)c1=O. The summed E-state index contributed by atoms with van der Waals surface area (Å²) >= 11 is 0. The minimum absolute atomic E-state index is 0.0415. The predicted molar refractivity (Wildman–Crippen MR) is 90.9 cm³/mol. The minimum atomic E-state index is -0.292. The lowest BCUT2D eigenvalue weighted by atomic mass is 10.1. The van der Waals surface area contributed by atoms with Crippen LogP contribution >= 0.6 is 0 Å². The van der Waals surface area contributed by atoms with Gasteiger partial charge in [0.2, 0.25) is 5.91 Å². The largest absolute Gasteiger partial charge is 0.488 e. The molecule has 23 heavy (non-hydrogen) atoms. The van der Waals surface area contributed by atoms with Gasteiger partial charge in [-0.3, -0.25) is 9.59 Å². The molecule has 1 heterocycles. The van der Waals surface area contributed by atoms with Gasteiger partial charge < -0.3 is 14.6 Å². The molecular formula is C18H22N2O3. The Kier molecular flexibility index (Phi) is 5.97. The van der Waals surface area contributed by atoms with Crippen molar-refractivity contribution in [2.75, 3.05) is 11.9 Å². The summed E-state index contributed by atoms with van der Waals surface area (Å²) in [6.45, 7) is 4.44. The molecule has 0 atom stereocenters. The van der Waals surface area contributed by atoms with Crippen LogP contribution in [0.4, 0.5) is 5.69 Å². The van der Waals surface area contributed by atoms with Crippen LogP contribution in [0.1, 0.15) is 25.8 Å². The molecule has 2 rings (SSSR count).